The highest BCUT2D eigenvalue weighted by Crippen LogP contribution is 2.14. The van der Waals surface area contributed by atoms with Crippen LogP contribution in [0.5, 0.6) is 5.75 Å². The molecule has 1 aromatic heterocycles. The standard InChI is InChI=1S/C17H20N2O3S/c1-3-22-14-6-4-13(5-7-14)16(20)8-9-17(21)19-11-15-10-18-12(2)23-15/h4-7,10H,3,8-9,11H2,1-2H3,(H,19,21). The molecule has 0 saturated carbocycles. The molecule has 0 radical (unpaired) electrons. The van der Waals surface area contributed by atoms with Gasteiger partial charge >= 0.3 is 0 Å². The van der Waals surface area contributed by atoms with Gasteiger partial charge in [-0.15, -0.1) is 11.3 Å². The summed E-state index contributed by atoms with van der Waals surface area (Å²) in [6.07, 6.45) is 2.14. The Balaban J connectivity index is 1.75. The lowest BCUT2D eigenvalue weighted by Gasteiger charge is -2.05. The third kappa shape index (κ3) is 5.49. The highest BCUT2D eigenvalue weighted by molar-refractivity contribution is 7.11. The van der Waals surface area contributed by atoms with Crippen LogP contribution < -0.4 is 10.1 Å². The molecular formula is C17H20N2O3S. The van der Waals surface area contributed by atoms with E-state index in [9.17, 15) is 9.59 Å². The van der Waals surface area contributed by atoms with Crippen molar-refractivity contribution in [3.05, 3.63) is 45.9 Å². The fraction of sp³-hybridized carbons (Fsp3) is 0.353. The van der Waals surface area contributed by atoms with Crippen LogP contribution >= 0.6 is 11.3 Å². The van der Waals surface area contributed by atoms with Gasteiger partial charge in [-0.3, -0.25) is 9.59 Å². The quantitative estimate of drug-likeness (QED) is 0.754. The molecule has 0 atom stereocenters. The zero-order chi connectivity index (χ0) is 16.7. The van der Waals surface area contributed by atoms with Crippen LogP contribution in [0.25, 0.3) is 0 Å². The van der Waals surface area contributed by atoms with Crippen LogP contribution in [0.4, 0.5) is 0 Å². The average molecular weight is 332 g/mol. The van der Waals surface area contributed by atoms with Gasteiger partial charge in [0.05, 0.1) is 18.2 Å². The van der Waals surface area contributed by atoms with Crippen molar-refractivity contribution in [1.29, 1.82) is 0 Å². The maximum atomic E-state index is 12.1. The lowest BCUT2D eigenvalue weighted by atomic mass is 10.1. The van der Waals surface area contributed by atoms with Crippen LogP contribution in [0.15, 0.2) is 30.5 Å². The van der Waals surface area contributed by atoms with Crippen molar-refractivity contribution >= 4 is 23.0 Å². The Morgan fingerprint density at radius 3 is 2.57 bits per heavy atom. The van der Waals surface area contributed by atoms with Gasteiger partial charge in [-0.1, -0.05) is 0 Å². The Morgan fingerprint density at radius 1 is 1.22 bits per heavy atom. The van der Waals surface area contributed by atoms with E-state index in [-0.39, 0.29) is 24.5 Å². The summed E-state index contributed by atoms with van der Waals surface area (Å²) in [5, 5.41) is 3.78. The highest BCUT2D eigenvalue weighted by atomic mass is 32.1. The molecule has 0 aliphatic heterocycles. The van der Waals surface area contributed by atoms with Crippen molar-refractivity contribution in [2.24, 2.45) is 0 Å². The summed E-state index contributed by atoms with van der Waals surface area (Å²) in [6, 6.07) is 6.99. The van der Waals surface area contributed by atoms with E-state index >= 15 is 0 Å². The molecule has 0 saturated heterocycles. The van der Waals surface area contributed by atoms with E-state index in [1.165, 1.54) is 0 Å². The summed E-state index contributed by atoms with van der Waals surface area (Å²) in [4.78, 5) is 29.0. The maximum Gasteiger partial charge on any atom is 0.220 e. The highest BCUT2D eigenvalue weighted by Gasteiger charge is 2.10. The number of carbonyl (C=O) groups excluding carboxylic acids is 2. The van der Waals surface area contributed by atoms with Crippen molar-refractivity contribution in [1.82, 2.24) is 10.3 Å². The summed E-state index contributed by atoms with van der Waals surface area (Å²) >= 11 is 1.55. The van der Waals surface area contributed by atoms with E-state index in [0.29, 0.717) is 18.7 Å². The molecule has 1 amide bonds. The van der Waals surface area contributed by atoms with Crippen LogP contribution in [0.3, 0.4) is 0 Å². The molecule has 5 nitrogen and oxygen atoms in total. The van der Waals surface area contributed by atoms with Crippen LogP contribution in [-0.4, -0.2) is 23.3 Å². The summed E-state index contributed by atoms with van der Waals surface area (Å²) in [5.41, 5.74) is 0.597. The topological polar surface area (TPSA) is 68.3 Å². The summed E-state index contributed by atoms with van der Waals surface area (Å²) in [7, 11) is 0. The molecule has 1 N–H and O–H groups in total. The molecule has 1 aromatic carbocycles. The zero-order valence-electron chi connectivity index (χ0n) is 13.3. The number of ketones is 1. The van der Waals surface area contributed by atoms with Gasteiger partial charge in [-0.25, -0.2) is 4.98 Å². The molecule has 0 spiro atoms. The number of amides is 1. The fourth-order valence-corrected chi connectivity index (χ4v) is 2.77. The average Bonchev–Trinajstić information content (AvgIpc) is 2.97. The largest absolute Gasteiger partial charge is 0.494 e. The first-order valence-corrected chi connectivity index (χ1v) is 8.34. The van der Waals surface area contributed by atoms with Crippen LogP contribution in [0, 0.1) is 6.92 Å². The number of thiazole rings is 1. The maximum absolute atomic E-state index is 12.1. The van der Waals surface area contributed by atoms with Crippen LogP contribution in [-0.2, 0) is 11.3 Å². The Labute approximate surface area is 139 Å². The Morgan fingerprint density at radius 2 is 1.96 bits per heavy atom. The van der Waals surface area contributed by atoms with Gasteiger partial charge in [0.15, 0.2) is 5.78 Å². The van der Waals surface area contributed by atoms with Gasteiger partial charge in [-0.2, -0.15) is 0 Å². The summed E-state index contributed by atoms with van der Waals surface area (Å²) in [6.45, 7) is 4.88. The predicted octanol–water partition coefficient (Wildman–Crippen LogP) is 3.13. The number of hydrogen-bond acceptors (Lipinski definition) is 5. The van der Waals surface area contributed by atoms with Crippen LogP contribution in [0.1, 0.15) is 40.0 Å². The van der Waals surface area contributed by atoms with Crippen molar-refractivity contribution in [3.63, 3.8) is 0 Å². The zero-order valence-corrected chi connectivity index (χ0v) is 14.1. The first-order valence-electron chi connectivity index (χ1n) is 7.52. The second-order valence-corrected chi connectivity index (χ2v) is 6.32. The third-order valence-corrected chi connectivity index (χ3v) is 4.11. The van der Waals surface area contributed by atoms with Gasteiger partial charge in [0.1, 0.15) is 5.75 Å². The lowest BCUT2D eigenvalue weighted by Crippen LogP contribution is -2.22. The monoisotopic (exact) mass is 332 g/mol. The van der Waals surface area contributed by atoms with Gasteiger partial charge in [0.25, 0.3) is 0 Å². The second kappa shape index (κ2) is 8.43. The second-order valence-electron chi connectivity index (χ2n) is 5.00. The number of hydrogen-bond donors (Lipinski definition) is 1. The summed E-state index contributed by atoms with van der Waals surface area (Å²) < 4.78 is 5.33. The number of nitrogens with zero attached hydrogens (tertiary/aromatic N) is 1. The Hall–Kier alpha value is -2.21. The van der Waals surface area contributed by atoms with Gasteiger partial charge in [0.2, 0.25) is 5.91 Å². The molecule has 0 fully saturated rings. The number of carbonyl (C=O) groups is 2. The molecular weight excluding hydrogens is 312 g/mol. The molecule has 0 aliphatic carbocycles. The van der Waals surface area contributed by atoms with E-state index in [1.807, 2.05) is 13.8 Å². The van der Waals surface area contributed by atoms with E-state index in [4.69, 9.17) is 4.74 Å². The molecule has 23 heavy (non-hydrogen) atoms. The lowest BCUT2D eigenvalue weighted by molar-refractivity contribution is -0.121. The van der Waals surface area contributed by atoms with E-state index in [1.54, 1.807) is 41.8 Å². The minimum atomic E-state index is -0.129. The van der Waals surface area contributed by atoms with Crippen molar-refractivity contribution in [2.45, 2.75) is 33.2 Å². The molecule has 2 aromatic rings. The van der Waals surface area contributed by atoms with Gasteiger partial charge in [-0.05, 0) is 38.1 Å². The number of aromatic nitrogens is 1. The minimum Gasteiger partial charge on any atom is -0.494 e. The van der Waals surface area contributed by atoms with E-state index in [2.05, 4.69) is 10.3 Å². The number of nitrogens with one attached hydrogen (secondary N) is 1. The Kier molecular flexibility index (Phi) is 6.29. The van der Waals surface area contributed by atoms with Crippen molar-refractivity contribution < 1.29 is 14.3 Å². The molecule has 0 bridgehead atoms. The number of ether oxygens (including phenoxy) is 1. The van der Waals surface area contributed by atoms with Crippen molar-refractivity contribution in [2.75, 3.05) is 6.61 Å². The molecule has 122 valence electrons. The number of benzene rings is 1. The molecule has 1 heterocycles. The molecule has 0 unspecified atom stereocenters. The van der Waals surface area contributed by atoms with E-state index in [0.717, 1.165) is 15.6 Å². The number of aryl methyl sites for hydroxylation is 1. The Bertz CT molecular complexity index is 665. The molecule has 2 rings (SSSR count). The normalized spacial score (nSPS) is 10.3. The fourth-order valence-electron chi connectivity index (χ4n) is 2.04. The minimum absolute atomic E-state index is 0.0446. The third-order valence-electron chi connectivity index (χ3n) is 3.20. The first kappa shape index (κ1) is 17.1. The van der Waals surface area contributed by atoms with Crippen molar-refractivity contribution in [3.8, 4) is 5.75 Å². The van der Waals surface area contributed by atoms with Gasteiger partial charge in [0, 0.05) is 29.5 Å². The molecule has 6 heteroatoms. The smallest absolute Gasteiger partial charge is 0.220 e. The number of rotatable bonds is 8. The summed E-state index contributed by atoms with van der Waals surface area (Å²) in [5.74, 6) is 0.564. The first-order chi connectivity index (χ1) is 11.1. The SMILES string of the molecule is CCOc1ccc(C(=O)CCC(=O)NCc2cnc(C)s2)cc1. The van der Waals surface area contributed by atoms with E-state index < -0.39 is 0 Å². The van der Waals surface area contributed by atoms with Crippen LogP contribution in [0.2, 0.25) is 0 Å². The number of Topliss-reactive ketones (excluding diaryl/α,β-unsaturated/α-hetero) is 1. The predicted molar refractivity (Wildman–Crippen MR) is 89.9 cm³/mol. The molecule has 0 aliphatic rings. The van der Waals surface area contributed by atoms with Gasteiger partial charge < -0.3 is 10.1 Å².